The maximum Gasteiger partial charge on any atom is 0.266 e. The highest BCUT2D eigenvalue weighted by atomic mass is 32.1. The van der Waals surface area contributed by atoms with Crippen LogP contribution in [0.3, 0.4) is 0 Å². The fraction of sp³-hybridized carbons (Fsp3) is 0.500. The van der Waals surface area contributed by atoms with Crippen molar-refractivity contribution in [1.82, 2.24) is 9.88 Å². The molecule has 1 fully saturated rings. The number of rotatable bonds is 5. The van der Waals surface area contributed by atoms with Crippen molar-refractivity contribution in [2.75, 3.05) is 6.54 Å². The van der Waals surface area contributed by atoms with Crippen LogP contribution in [0.5, 0.6) is 5.75 Å². The van der Waals surface area contributed by atoms with E-state index in [1.54, 1.807) is 12.1 Å². The molecule has 1 atom stereocenters. The number of amides is 1. The van der Waals surface area contributed by atoms with Gasteiger partial charge in [-0.25, -0.2) is 4.98 Å². The molecule has 1 saturated heterocycles. The molecule has 0 radical (unpaired) electrons. The molecule has 1 aromatic carbocycles. The van der Waals surface area contributed by atoms with Gasteiger partial charge in [-0.2, -0.15) is 0 Å². The lowest BCUT2D eigenvalue weighted by atomic mass is 9.95. The molecule has 1 aliphatic heterocycles. The first kappa shape index (κ1) is 17.9. The van der Waals surface area contributed by atoms with E-state index in [0.29, 0.717) is 11.8 Å². The molecule has 0 spiro atoms. The number of phenols is 1. The summed E-state index contributed by atoms with van der Waals surface area (Å²) in [6, 6.07) is 7.68. The second-order valence-electron chi connectivity index (χ2n) is 6.72. The number of piperidine rings is 1. The van der Waals surface area contributed by atoms with Crippen molar-refractivity contribution < 1.29 is 9.90 Å². The summed E-state index contributed by atoms with van der Waals surface area (Å²) < 4.78 is 0. The number of phenolic OH excluding ortho intramolecular Hbond substituents is 1. The summed E-state index contributed by atoms with van der Waals surface area (Å²) in [5, 5.41) is 10.4. The number of aromatic hydroxyl groups is 1. The monoisotopic (exact) mass is 358 g/mol. The first-order valence-electron chi connectivity index (χ1n) is 9.13. The number of hydrogen-bond donors (Lipinski definition) is 1. The van der Waals surface area contributed by atoms with Crippen LogP contribution in [0.25, 0.3) is 0 Å². The van der Waals surface area contributed by atoms with Gasteiger partial charge in [0.25, 0.3) is 5.91 Å². The maximum absolute atomic E-state index is 13.1. The van der Waals surface area contributed by atoms with Gasteiger partial charge in [0.05, 0.1) is 10.7 Å². The third-order valence-electron chi connectivity index (χ3n) is 4.92. The highest BCUT2D eigenvalue weighted by Crippen LogP contribution is 2.27. The van der Waals surface area contributed by atoms with Crippen LogP contribution in [0, 0.1) is 6.92 Å². The van der Waals surface area contributed by atoms with E-state index in [4.69, 9.17) is 0 Å². The van der Waals surface area contributed by atoms with E-state index in [2.05, 4.69) is 16.8 Å². The number of aryl methyl sites for hydroxylation is 3. The van der Waals surface area contributed by atoms with Crippen LogP contribution in [-0.2, 0) is 12.8 Å². The molecule has 134 valence electrons. The van der Waals surface area contributed by atoms with Gasteiger partial charge in [0, 0.05) is 12.6 Å². The topological polar surface area (TPSA) is 53.4 Å². The summed E-state index contributed by atoms with van der Waals surface area (Å²) in [4.78, 5) is 20.6. The number of carbonyl (C=O) groups is 1. The van der Waals surface area contributed by atoms with Gasteiger partial charge in [0.2, 0.25) is 0 Å². The molecule has 5 heteroatoms. The van der Waals surface area contributed by atoms with Crippen molar-refractivity contribution in [3.8, 4) is 5.75 Å². The molecule has 0 unspecified atom stereocenters. The lowest BCUT2D eigenvalue weighted by Gasteiger charge is -2.36. The number of carbonyl (C=O) groups excluding carboxylic acids is 1. The van der Waals surface area contributed by atoms with E-state index < -0.39 is 0 Å². The second kappa shape index (κ2) is 8.00. The minimum absolute atomic E-state index is 0.165. The Morgan fingerprint density at radius 1 is 1.32 bits per heavy atom. The summed E-state index contributed by atoms with van der Waals surface area (Å²) >= 11 is 1.53. The first-order valence-corrected chi connectivity index (χ1v) is 9.95. The van der Waals surface area contributed by atoms with Crippen LogP contribution in [0.2, 0.25) is 0 Å². The Hall–Kier alpha value is -1.88. The lowest BCUT2D eigenvalue weighted by molar-refractivity contribution is 0.0605. The first-order chi connectivity index (χ1) is 12.1. The molecule has 25 heavy (non-hydrogen) atoms. The molecule has 0 aliphatic carbocycles. The molecule has 2 aromatic rings. The molecule has 1 N–H and O–H groups in total. The van der Waals surface area contributed by atoms with Gasteiger partial charge in [-0.15, -0.1) is 11.3 Å². The minimum Gasteiger partial charge on any atom is -0.508 e. The third kappa shape index (κ3) is 4.21. The predicted molar refractivity (Wildman–Crippen MR) is 101 cm³/mol. The zero-order valence-electron chi connectivity index (χ0n) is 15.0. The van der Waals surface area contributed by atoms with Crippen molar-refractivity contribution in [3.63, 3.8) is 0 Å². The van der Waals surface area contributed by atoms with Gasteiger partial charge in [0.15, 0.2) is 0 Å². The van der Waals surface area contributed by atoms with Gasteiger partial charge in [-0.3, -0.25) is 4.79 Å². The summed E-state index contributed by atoms with van der Waals surface area (Å²) in [5.41, 5.74) is 2.15. The number of nitrogens with zero attached hydrogens (tertiary/aromatic N) is 2. The molecule has 0 saturated carbocycles. The Labute approximate surface area is 153 Å². The highest BCUT2D eigenvalue weighted by Gasteiger charge is 2.29. The average Bonchev–Trinajstić information content (AvgIpc) is 3.02. The number of benzene rings is 1. The Kier molecular flexibility index (Phi) is 5.74. The second-order valence-corrected chi connectivity index (χ2v) is 7.92. The van der Waals surface area contributed by atoms with Crippen molar-refractivity contribution in [2.24, 2.45) is 0 Å². The fourth-order valence-corrected chi connectivity index (χ4v) is 4.53. The van der Waals surface area contributed by atoms with Gasteiger partial charge < -0.3 is 10.0 Å². The minimum atomic E-state index is 0.165. The lowest BCUT2D eigenvalue weighted by Crippen LogP contribution is -2.44. The van der Waals surface area contributed by atoms with Gasteiger partial charge in [-0.1, -0.05) is 19.1 Å². The largest absolute Gasteiger partial charge is 0.508 e. The normalized spacial score (nSPS) is 17.7. The molecule has 0 bridgehead atoms. The summed E-state index contributed by atoms with van der Waals surface area (Å²) in [5.74, 6) is 0.462. The van der Waals surface area contributed by atoms with Crippen LogP contribution < -0.4 is 0 Å². The van der Waals surface area contributed by atoms with Crippen molar-refractivity contribution >= 4 is 17.2 Å². The molecule has 1 aliphatic rings. The molecule has 3 rings (SSSR count). The van der Waals surface area contributed by atoms with Gasteiger partial charge in [-0.05, 0) is 63.1 Å². The zero-order chi connectivity index (χ0) is 17.8. The van der Waals surface area contributed by atoms with Crippen LogP contribution in [0.15, 0.2) is 24.3 Å². The van der Waals surface area contributed by atoms with Gasteiger partial charge >= 0.3 is 0 Å². The van der Waals surface area contributed by atoms with Crippen molar-refractivity contribution in [1.29, 1.82) is 0 Å². The fourth-order valence-electron chi connectivity index (χ4n) is 3.57. The van der Waals surface area contributed by atoms with E-state index in [-0.39, 0.29) is 5.91 Å². The standard InChI is InChI=1S/C20H26N2O2S/c1-3-18-19(25-14(2)21-18)20(24)22-13-5-4-6-16(22)10-7-15-8-11-17(23)12-9-15/h8-9,11-12,16,23H,3-7,10,13H2,1-2H3/t16-/m0/s1. The molecule has 1 amide bonds. The molecular formula is C20H26N2O2S. The summed E-state index contributed by atoms with van der Waals surface area (Å²) in [6.45, 7) is 4.88. The molecule has 4 nitrogen and oxygen atoms in total. The Morgan fingerprint density at radius 2 is 2.08 bits per heavy atom. The Bertz CT molecular complexity index is 724. The van der Waals surface area contributed by atoms with E-state index in [9.17, 15) is 9.90 Å². The summed E-state index contributed by atoms with van der Waals surface area (Å²) in [6.07, 6.45) is 6.04. The number of likely N-dealkylation sites (tertiary alicyclic amines) is 1. The molecular weight excluding hydrogens is 332 g/mol. The summed E-state index contributed by atoms with van der Waals surface area (Å²) in [7, 11) is 0. The highest BCUT2D eigenvalue weighted by molar-refractivity contribution is 7.13. The number of hydrogen-bond acceptors (Lipinski definition) is 4. The van der Waals surface area contributed by atoms with Crippen molar-refractivity contribution in [3.05, 3.63) is 45.4 Å². The predicted octanol–water partition coefficient (Wildman–Crippen LogP) is 4.35. The van der Waals surface area contributed by atoms with Crippen LogP contribution in [0.4, 0.5) is 0 Å². The van der Waals surface area contributed by atoms with Crippen LogP contribution in [0.1, 0.15) is 58.5 Å². The van der Waals surface area contributed by atoms with Crippen molar-refractivity contribution in [2.45, 2.75) is 58.4 Å². The maximum atomic E-state index is 13.1. The number of aromatic nitrogens is 1. The zero-order valence-corrected chi connectivity index (χ0v) is 15.8. The smallest absolute Gasteiger partial charge is 0.266 e. The SMILES string of the molecule is CCc1nc(C)sc1C(=O)N1CCCC[C@H]1CCc1ccc(O)cc1. The number of thiazole rings is 1. The van der Waals surface area contributed by atoms with E-state index in [1.165, 1.54) is 23.3 Å². The third-order valence-corrected chi connectivity index (χ3v) is 5.93. The molecule has 2 heterocycles. The van der Waals surface area contributed by atoms with E-state index in [0.717, 1.165) is 54.2 Å². The van der Waals surface area contributed by atoms with Crippen LogP contribution in [-0.4, -0.2) is 33.5 Å². The van der Waals surface area contributed by atoms with E-state index in [1.807, 2.05) is 19.1 Å². The Balaban J connectivity index is 1.71. The van der Waals surface area contributed by atoms with Gasteiger partial charge in [0.1, 0.15) is 10.6 Å². The molecule has 1 aromatic heterocycles. The quantitative estimate of drug-likeness (QED) is 0.865. The Morgan fingerprint density at radius 3 is 2.80 bits per heavy atom. The van der Waals surface area contributed by atoms with E-state index >= 15 is 0 Å². The van der Waals surface area contributed by atoms with Crippen LogP contribution >= 0.6 is 11.3 Å². The average molecular weight is 359 g/mol.